The predicted octanol–water partition coefficient (Wildman–Crippen LogP) is 3.60. The third kappa shape index (κ3) is 1.85. The first-order valence-electron chi connectivity index (χ1n) is 5.44. The van der Waals surface area contributed by atoms with Crippen LogP contribution >= 0.6 is 0 Å². The van der Waals surface area contributed by atoms with Crippen LogP contribution in [0.15, 0.2) is 36.4 Å². The fourth-order valence-corrected chi connectivity index (χ4v) is 1.84. The number of hydrogen-bond donors (Lipinski definition) is 0. The minimum absolute atomic E-state index is 0.134. The average molecular weight is 211 g/mol. The van der Waals surface area contributed by atoms with E-state index in [-0.39, 0.29) is 5.41 Å². The van der Waals surface area contributed by atoms with Gasteiger partial charge in [-0.15, -0.1) is 0 Å². The van der Waals surface area contributed by atoms with Gasteiger partial charge in [-0.2, -0.15) is 0 Å². The molecular formula is C15H15O. The highest BCUT2D eigenvalue weighted by atomic mass is 16.1. The summed E-state index contributed by atoms with van der Waals surface area (Å²) in [6.45, 7) is 6.55. The normalized spacial score (nSPS) is 11.7. The van der Waals surface area contributed by atoms with E-state index < -0.39 is 0 Å². The van der Waals surface area contributed by atoms with E-state index in [0.29, 0.717) is 5.56 Å². The molecule has 0 unspecified atom stereocenters. The average Bonchev–Trinajstić information content (AvgIpc) is 2.26. The molecule has 0 aliphatic rings. The van der Waals surface area contributed by atoms with Crippen LogP contribution < -0.4 is 0 Å². The molecule has 0 bridgehead atoms. The first-order chi connectivity index (χ1) is 7.52. The maximum Gasteiger partial charge on any atom is 0.234 e. The lowest BCUT2D eigenvalue weighted by Gasteiger charge is -2.19. The van der Waals surface area contributed by atoms with Gasteiger partial charge in [0.1, 0.15) is 0 Å². The molecule has 0 fully saturated rings. The van der Waals surface area contributed by atoms with Crippen molar-refractivity contribution in [3.05, 3.63) is 47.5 Å². The highest BCUT2D eigenvalue weighted by molar-refractivity contribution is 5.98. The minimum Gasteiger partial charge on any atom is -0.285 e. The molecule has 1 heteroatoms. The van der Waals surface area contributed by atoms with Gasteiger partial charge in [-0.1, -0.05) is 57.2 Å². The zero-order valence-corrected chi connectivity index (χ0v) is 9.87. The molecule has 0 saturated heterocycles. The summed E-state index contributed by atoms with van der Waals surface area (Å²) in [6, 6.07) is 12.0. The number of benzene rings is 2. The lowest BCUT2D eigenvalue weighted by Crippen LogP contribution is -2.10. The Bertz CT molecular complexity index is 533. The van der Waals surface area contributed by atoms with Gasteiger partial charge >= 0.3 is 0 Å². The molecule has 0 heterocycles. The molecule has 0 N–H and O–H groups in total. The lowest BCUT2D eigenvalue weighted by molar-refractivity contribution is 0.563. The third-order valence-electron chi connectivity index (χ3n) is 2.86. The molecule has 0 aliphatic carbocycles. The summed E-state index contributed by atoms with van der Waals surface area (Å²) in [4.78, 5) is 10.8. The third-order valence-corrected chi connectivity index (χ3v) is 2.86. The second-order valence-electron chi connectivity index (χ2n) is 5.09. The smallest absolute Gasteiger partial charge is 0.234 e. The van der Waals surface area contributed by atoms with E-state index in [9.17, 15) is 4.79 Å². The fourth-order valence-electron chi connectivity index (χ4n) is 1.84. The maximum atomic E-state index is 10.8. The van der Waals surface area contributed by atoms with Crippen molar-refractivity contribution < 1.29 is 4.79 Å². The van der Waals surface area contributed by atoms with Crippen LogP contribution in [0.1, 0.15) is 31.9 Å². The molecule has 1 radical (unpaired) electrons. The fraction of sp³-hybridized carbons (Fsp3) is 0.267. The largest absolute Gasteiger partial charge is 0.285 e. The first kappa shape index (κ1) is 10.9. The Labute approximate surface area is 96.1 Å². The van der Waals surface area contributed by atoms with Crippen LogP contribution in [0, 0.1) is 0 Å². The van der Waals surface area contributed by atoms with Crippen molar-refractivity contribution >= 4 is 17.1 Å². The van der Waals surface area contributed by atoms with Crippen LogP contribution in [0.2, 0.25) is 0 Å². The van der Waals surface area contributed by atoms with Crippen molar-refractivity contribution in [1.82, 2.24) is 0 Å². The molecule has 0 amide bonds. The molecule has 0 aliphatic heterocycles. The summed E-state index contributed by atoms with van der Waals surface area (Å²) in [5.41, 5.74) is 2.05. The summed E-state index contributed by atoms with van der Waals surface area (Å²) in [5.74, 6) is 0. The summed E-state index contributed by atoms with van der Waals surface area (Å²) in [5, 5.41) is 2.08. The van der Waals surface area contributed by atoms with E-state index in [4.69, 9.17) is 0 Å². The van der Waals surface area contributed by atoms with Crippen molar-refractivity contribution in [1.29, 1.82) is 0 Å². The zero-order chi connectivity index (χ0) is 11.8. The Hall–Kier alpha value is -1.63. The number of fused-ring (bicyclic) bond motifs is 1. The highest BCUT2D eigenvalue weighted by Gasteiger charge is 2.14. The predicted molar refractivity (Wildman–Crippen MR) is 67.4 cm³/mol. The SMILES string of the molecule is CC(C)(C)c1ccc2c([C]=O)cccc2c1. The lowest BCUT2D eigenvalue weighted by atomic mass is 9.85. The summed E-state index contributed by atoms with van der Waals surface area (Å²) in [6.07, 6.45) is 1.98. The second-order valence-corrected chi connectivity index (χ2v) is 5.09. The quantitative estimate of drug-likeness (QED) is 0.704. The topological polar surface area (TPSA) is 17.1 Å². The number of carbonyl (C=O) groups excluding carboxylic acids is 1. The van der Waals surface area contributed by atoms with Gasteiger partial charge in [0.25, 0.3) is 0 Å². The molecule has 2 aromatic carbocycles. The van der Waals surface area contributed by atoms with Gasteiger partial charge in [-0.25, -0.2) is 0 Å². The maximum absolute atomic E-state index is 10.8. The van der Waals surface area contributed by atoms with Gasteiger partial charge in [0.15, 0.2) is 0 Å². The van der Waals surface area contributed by atoms with Crippen molar-refractivity contribution in [3.8, 4) is 0 Å². The molecule has 0 saturated carbocycles. The van der Waals surface area contributed by atoms with Crippen molar-refractivity contribution in [3.63, 3.8) is 0 Å². The minimum atomic E-state index is 0.134. The summed E-state index contributed by atoms with van der Waals surface area (Å²) in [7, 11) is 0. The first-order valence-corrected chi connectivity index (χ1v) is 5.44. The molecule has 2 rings (SSSR count). The molecule has 2 aromatic rings. The van der Waals surface area contributed by atoms with Crippen LogP contribution in [0.25, 0.3) is 10.8 Å². The van der Waals surface area contributed by atoms with Gasteiger partial charge in [-0.05, 0) is 21.8 Å². The molecule has 16 heavy (non-hydrogen) atoms. The van der Waals surface area contributed by atoms with Crippen LogP contribution in [0.5, 0.6) is 0 Å². The van der Waals surface area contributed by atoms with Crippen molar-refractivity contribution in [2.75, 3.05) is 0 Å². The second kappa shape index (κ2) is 3.75. The summed E-state index contributed by atoms with van der Waals surface area (Å²) < 4.78 is 0. The van der Waals surface area contributed by atoms with Crippen LogP contribution in [-0.2, 0) is 10.2 Å². The van der Waals surface area contributed by atoms with Crippen LogP contribution in [-0.4, -0.2) is 6.29 Å². The Morgan fingerprint density at radius 3 is 2.44 bits per heavy atom. The van der Waals surface area contributed by atoms with Gasteiger partial charge in [0, 0.05) is 5.56 Å². The molecule has 1 nitrogen and oxygen atoms in total. The Morgan fingerprint density at radius 2 is 1.81 bits per heavy atom. The highest BCUT2D eigenvalue weighted by Crippen LogP contribution is 2.27. The van der Waals surface area contributed by atoms with Gasteiger partial charge in [-0.3, -0.25) is 4.79 Å². The standard InChI is InChI=1S/C15H15O/c1-15(2,3)13-7-8-14-11(9-13)5-4-6-12(14)10-16/h4-9H,1-3H3. The Balaban J connectivity index is 2.69. The van der Waals surface area contributed by atoms with E-state index in [1.807, 2.05) is 24.5 Å². The monoisotopic (exact) mass is 211 g/mol. The zero-order valence-electron chi connectivity index (χ0n) is 9.87. The van der Waals surface area contributed by atoms with Crippen molar-refractivity contribution in [2.24, 2.45) is 0 Å². The number of rotatable bonds is 1. The molecule has 0 atom stereocenters. The van der Waals surface area contributed by atoms with Gasteiger partial charge in [0.05, 0.1) is 0 Å². The van der Waals surface area contributed by atoms with Gasteiger partial charge in [0.2, 0.25) is 6.29 Å². The van der Waals surface area contributed by atoms with E-state index in [1.54, 1.807) is 6.07 Å². The van der Waals surface area contributed by atoms with Gasteiger partial charge < -0.3 is 0 Å². The molecule has 81 valence electrons. The molecular weight excluding hydrogens is 196 g/mol. The van der Waals surface area contributed by atoms with E-state index in [2.05, 4.69) is 32.9 Å². The van der Waals surface area contributed by atoms with E-state index in [1.165, 1.54) is 5.56 Å². The Morgan fingerprint density at radius 1 is 1.06 bits per heavy atom. The Kier molecular flexibility index (Phi) is 2.55. The molecule has 0 aromatic heterocycles. The number of hydrogen-bond acceptors (Lipinski definition) is 1. The molecule has 0 spiro atoms. The van der Waals surface area contributed by atoms with E-state index in [0.717, 1.165) is 10.8 Å². The van der Waals surface area contributed by atoms with Crippen LogP contribution in [0.4, 0.5) is 0 Å². The van der Waals surface area contributed by atoms with Crippen LogP contribution in [0.3, 0.4) is 0 Å². The van der Waals surface area contributed by atoms with E-state index >= 15 is 0 Å². The van der Waals surface area contributed by atoms with Crippen molar-refractivity contribution in [2.45, 2.75) is 26.2 Å². The summed E-state index contributed by atoms with van der Waals surface area (Å²) >= 11 is 0.